The molecule has 11 heteroatoms. The minimum absolute atomic E-state index is 0.0280. The first-order valence-electron chi connectivity index (χ1n) is 11.2. The van der Waals surface area contributed by atoms with Gasteiger partial charge in [-0.15, -0.1) is 0 Å². The molecule has 1 aromatic heterocycles. The molecule has 11 nitrogen and oxygen atoms in total. The van der Waals surface area contributed by atoms with Gasteiger partial charge in [-0.2, -0.15) is 0 Å². The summed E-state index contributed by atoms with van der Waals surface area (Å²) in [4.78, 5) is 49.0. The molecule has 2 heterocycles. The summed E-state index contributed by atoms with van der Waals surface area (Å²) in [6.07, 6.45) is 0.571. The minimum Gasteiger partial charge on any atom is -0.507 e. The van der Waals surface area contributed by atoms with Crippen LogP contribution >= 0.6 is 0 Å². The Balaban J connectivity index is 1.95. The number of nitro benzene ring substituents is 1. The molecule has 2 aromatic carbocycles. The molecular weight excluding hydrogens is 472 g/mol. The Morgan fingerprint density at radius 3 is 2.50 bits per heavy atom. The molecule has 0 unspecified atom stereocenters. The molecule has 0 aliphatic carbocycles. The van der Waals surface area contributed by atoms with Gasteiger partial charge in [-0.1, -0.05) is 0 Å². The van der Waals surface area contributed by atoms with Crippen LogP contribution in [0, 0.1) is 10.1 Å². The van der Waals surface area contributed by atoms with Crippen LogP contribution in [0.2, 0.25) is 0 Å². The number of carbonyl (C=O) groups excluding carboxylic acids is 2. The van der Waals surface area contributed by atoms with E-state index in [1.807, 2.05) is 11.9 Å². The van der Waals surface area contributed by atoms with E-state index in [9.17, 15) is 29.6 Å². The number of ether oxygens (including phenoxy) is 2. The van der Waals surface area contributed by atoms with Gasteiger partial charge in [0.1, 0.15) is 34.8 Å². The number of non-ortho nitro benzene ring substituents is 1. The molecule has 0 spiro atoms. The average Bonchev–Trinajstić information content (AvgIpc) is 3.16. The molecule has 36 heavy (non-hydrogen) atoms. The maximum Gasteiger partial charge on any atom is 0.308 e. The van der Waals surface area contributed by atoms with Gasteiger partial charge in [0.15, 0.2) is 5.43 Å². The molecule has 1 fully saturated rings. The van der Waals surface area contributed by atoms with Crippen LogP contribution in [0.25, 0.3) is 22.3 Å². The highest BCUT2D eigenvalue weighted by Gasteiger charge is 2.38. The molecule has 0 bridgehead atoms. The average molecular weight is 496 g/mol. The van der Waals surface area contributed by atoms with Gasteiger partial charge in [-0.3, -0.25) is 29.4 Å². The molecule has 1 saturated heterocycles. The number of benzene rings is 2. The number of likely N-dealkylation sites (tertiary alicyclic amines) is 1. The number of nitro groups is 1. The number of hydrogen-bond acceptors (Lipinski definition) is 10. The summed E-state index contributed by atoms with van der Waals surface area (Å²) in [5.74, 6) is -1.72. The minimum atomic E-state index is -0.633. The maximum absolute atomic E-state index is 13.1. The van der Waals surface area contributed by atoms with Crippen molar-refractivity contribution >= 4 is 28.6 Å². The highest BCUT2D eigenvalue weighted by Crippen LogP contribution is 2.45. The first kappa shape index (κ1) is 24.9. The zero-order chi connectivity index (χ0) is 26.1. The highest BCUT2D eigenvalue weighted by atomic mass is 16.6. The van der Waals surface area contributed by atoms with Gasteiger partial charge in [0.2, 0.25) is 0 Å². The van der Waals surface area contributed by atoms with Gasteiger partial charge >= 0.3 is 11.9 Å². The molecule has 0 amide bonds. The molecule has 188 valence electrons. The summed E-state index contributed by atoms with van der Waals surface area (Å²) >= 11 is 0. The Morgan fingerprint density at radius 2 is 1.89 bits per heavy atom. The number of likely N-dealkylation sites (N-methyl/N-ethyl adjacent to an activating group) is 1. The summed E-state index contributed by atoms with van der Waals surface area (Å²) in [7, 11) is 1.86. The molecule has 0 radical (unpaired) electrons. The van der Waals surface area contributed by atoms with Crippen molar-refractivity contribution in [3.63, 3.8) is 0 Å². The molecule has 0 saturated carbocycles. The fourth-order valence-corrected chi connectivity index (χ4v) is 4.58. The lowest BCUT2D eigenvalue weighted by Gasteiger charge is -2.26. The van der Waals surface area contributed by atoms with Gasteiger partial charge in [-0.05, 0) is 32.1 Å². The predicted molar refractivity (Wildman–Crippen MR) is 128 cm³/mol. The fourth-order valence-electron chi connectivity index (χ4n) is 4.58. The third kappa shape index (κ3) is 4.78. The van der Waals surface area contributed by atoms with Crippen LogP contribution in [0.15, 0.2) is 45.6 Å². The fraction of sp³-hybridized carbons (Fsp3) is 0.320. The molecule has 1 aliphatic rings. The van der Waals surface area contributed by atoms with E-state index in [-0.39, 0.29) is 46.7 Å². The normalized spacial score (nSPS) is 17.8. The molecule has 3 aromatic rings. The summed E-state index contributed by atoms with van der Waals surface area (Å²) in [6, 6.07) is 7.56. The number of aromatic hydroxyl groups is 1. The monoisotopic (exact) mass is 496 g/mol. The number of phenols is 1. The van der Waals surface area contributed by atoms with Crippen molar-refractivity contribution in [1.29, 1.82) is 0 Å². The summed E-state index contributed by atoms with van der Waals surface area (Å²) in [5, 5.41) is 21.6. The third-order valence-corrected chi connectivity index (χ3v) is 6.25. The number of hydrogen-bond donors (Lipinski definition) is 1. The van der Waals surface area contributed by atoms with E-state index < -0.39 is 28.0 Å². The van der Waals surface area contributed by atoms with E-state index in [4.69, 9.17) is 13.9 Å². The van der Waals surface area contributed by atoms with E-state index in [0.717, 1.165) is 0 Å². The van der Waals surface area contributed by atoms with Gasteiger partial charge < -0.3 is 19.0 Å². The van der Waals surface area contributed by atoms with E-state index >= 15 is 0 Å². The van der Waals surface area contributed by atoms with Crippen LogP contribution < -0.4 is 10.2 Å². The molecule has 2 atom stereocenters. The highest BCUT2D eigenvalue weighted by molar-refractivity contribution is 5.90. The second-order valence-corrected chi connectivity index (χ2v) is 8.63. The molecular formula is C25H24N2O9. The van der Waals surface area contributed by atoms with Crippen molar-refractivity contribution in [2.24, 2.45) is 0 Å². The largest absolute Gasteiger partial charge is 0.507 e. The Hall–Kier alpha value is -4.25. The number of esters is 2. The summed E-state index contributed by atoms with van der Waals surface area (Å²) in [6.45, 7) is 3.21. The second kappa shape index (κ2) is 9.78. The van der Waals surface area contributed by atoms with Crippen molar-refractivity contribution in [2.45, 2.75) is 32.2 Å². The number of rotatable bonds is 6. The quantitative estimate of drug-likeness (QED) is 0.233. The van der Waals surface area contributed by atoms with Gasteiger partial charge in [-0.25, -0.2) is 0 Å². The van der Waals surface area contributed by atoms with Crippen molar-refractivity contribution in [3.8, 4) is 22.8 Å². The lowest BCUT2D eigenvalue weighted by Crippen LogP contribution is -2.34. The van der Waals surface area contributed by atoms with Crippen LogP contribution in [0.3, 0.4) is 0 Å². The van der Waals surface area contributed by atoms with Gasteiger partial charge in [0.25, 0.3) is 5.69 Å². The molecule has 1 aliphatic heterocycles. The van der Waals surface area contributed by atoms with Crippen molar-refractivity contribution < 1.29 is 33.5 Å². The number of carbonyl (C=O) groups is 2. The van der Waals surface area contributed by atoms with Crippen LogP contribution in [0.5, 0.6) is 11.5 Å². The SMILES string of the molecule is CC(=O)OC[C@H]1[C@H](c2c(OC(C)=O)cc(O)c3c(=O)cc(-c4ccc([N+](=O)[O-])cc4)oc23)CCN1C. The van der Waals surface area contributed by atoms with Crippen LogP contribution in [-0.2, 0) is 14.3 Å². The van der Waals surface area contributed by atoms with Gasteiger partial charge in [0.05, 0.1) is 11.0 Å². The Bertz CT molecular complexity index is 1410. The lowest BCUT2D eigenvalue weighted by atomic mass is 9.89. The lowest BCUT2D eigenvalue weighted by molar-refractivity contribution is -0.384. The van der Waals surface area contributed by atoms with Crippen LogP contribution in [-0.4, -0.2) is 53.1 Å². The van der Waals surface area contributed by atoms with Crippen LogP contribution in [0.1, 0.15) is 31.7 Å². The molecule has 4 rings (SSSR count). The smallest absolute Gasteiger partial charge is 0.308 e. The zero-order valence-electron chi connectivity index (χ0n) is 19.8. The first-order valence-corrected chi connectivity index (χ1v) is 11.2. The Morgan fingerprint density at radius 1 is 1.19 bits per heavy atom. The van der Waals surface area contributed by atoms with Crippen molar-refractivity contribution in [3.05, 3.63) is 62.3 Å². The second-order valence-electron chi connectivity index (χ2n) is 8.63. The Kier molecular flexibility index (Phi) is 6.75. The topological polar surface area (TPSA) is 149 Å². The van der Waals surface area contributed by atoms with E-state index in [1.54, 1.807) is 0 Å². The van der Waals surface area contributed by atoms with Crippen molar-refractivity contribution in [1.82, 2.24) is 4.90 Å². The van der Waals surface area contributed by atoms with E-state index in [0.29, 0.717) is 24.1 Å². The standard InChI is InChI=1S/C25H24N2O9/c1-13(28)34-12-18-17(8-9-26(18)3)23-22(35-14(2)29)11-20(31)24-19(30)10-21(36-25(23)24)15-4-6-16(7-5-15)27(32)33/h4-7,10-11,17-18,31H,8-9,12H2,1-3H3/t17-,18+/m1/s1. The van der Waals surface area contributed by atoms with E-state index in [2.05, 4.69) is 0 Å². The Labute approximate surface area is 205 Å². The number of phenolic OH excluding ortho intramolecular Hbond substituents is 1. The van der Waals surface area contributed by atoms with Gasteiger partial charge in [0, 0.05) is 55.2 Å². The van der Waals surface area contributed by atoms with Crippen molar-refractivity contribution in [2.75, 3.05) is 20.2 Å². The molecule has 1 N–H and O–H groups in total. The maximum atomic E-state index is 13.1. The zero-order valence-corrected chi connectivity index (χ0v) is 19.8. The van der Waals surface area contributed by atoms with Crippen LogP contribution in [0.4, 0.5) is 5.69 Å². The van der Waals surface area contributed by atoms with E-state index in [1.165, 1.54) is 50.2 Å². The first-order chi connectivity index (χ1) is 17.1. The summed E-state index contributed by atoms with van der Waals surface area (Å²) < 4.78 is 16.8. The predicted octanol–water partition coefficient (Wildman–Crippen LogP) is 3.35. The third-order valence-electron chi connectivity index (χ3n) is 6.25. The summed E-state index contributed by atoms with van der Waals surface area (Å²) in [5.41, 5.74) is 0.156. The number of fused-ring (bicyclic) bond motifs is 1. The number of nitrogens with zero attached hydrogens (tertiary/aromatic N) is 2.